The standard InChI is InChI=1S/C11H18O9/c1-3-18-10(16)5(2)19-11(17)9(15)8(14)7(13)6(4-12)20-11/h6-9,12-15,17H,2-4H2,1H3/t6-,7+,8+,9-,11-/m1/s1. The second-order valence-electron chi connectivity index (χ2n) is 4.14. The Bertz CT molecular complexity index is 369. The van der Waals surface area contributed by atoms with Crippen LogP contribution in [0.15, 0.2) is 12.3 Å². The SMILES string of the molecule is C=C(O[C@@]1(O)O[C@H](CO)[C@H](O)[C@H](O)[C@H]1O)C(=O)OCC. The molecule has 0 radical (unpaired) electrons. The molecule has 9 heteroatoms. The minimum absolute atomic E-state index is 0.0314. The molecule has 1 rings (SSSR count). The van der Waals surface area contributed by atoms with Crippen LogP contribution in [0.3, 0.4) is 0 Å². The number of hydrogen-bond donors (Lipinski definition) is 5. The van der Waals surface area contributed by atoms with Gasteiger partial charge in [0, 0.05) is 0 Å². The summed E-state index contributed by atoms with van der Waals surface area (Å²) in [4.78, 5) is 11.3. The molecule has 0 amide bonds. The first-order chi connectivity index (χ1) is 9.26. The summed E-state index contributed by atoms with van der Waals surface area (Å²) in [6.07, 6.45) is -7.02. The van der Waals surface area contributed by atoms with Crippen molar-refractivity contribution < 1.29 is 44.5 Å². The van der Waals surface area contributed by atoms with Gasteiger partial charge in [-0.2, -0.15) is 0 Å². The summed E-state index contributed by atoms with van der Waals surface area (Å²) in [6, 6.07) is 0. The zero-order chi connectivity index (χ0) is 15.5. The molecule has 0 aromatic carbocycles. The lowest BCUT2D eigenvalue weighted by Crippen LogP contribution is -2.66. The second-order valence-corrected chi connectivity index (χ2v) is 4.14. The number of rotatable bonds is 5. The summed E-state index contributed by atoms with van der Waals surface area (Å²) in [7, 11) is 0. The van der Waals surface area contributed by atoms with E-state index in [2.05, 4.69) is 16.1 Å². The Balaban J connectivity index is 2.84. The first-order valence-corrected chi connectivity index (χ1v) is 5.87. The lowest BCUT2D eigenvalue weighted by atomic mass is 9.98. The molecule has 1 aliphatic heterocycles. The number of hydrogen-bond acceptors (Lipinski definition) is 9. The van der Waals surface area contributed by atoms with Crippen molar-refractivity contribution >= 4 is 5.97 Å². The van der Waals surface area contributed by atoms with E-state index in [1.165, 1.54) is 6.92 Å². The average Bonchev–Trinajstić information content (AvgIpc) is 2.41. The average molecular weight is 294 g/mol. The van der Waals surface area contributed by atoms with E-state index in [9.17, 15) is 25.2 Å². The van der Waals surface area contributed by atoms with Gasteiger partial charge in [0.1, 0.15) is 18.3 Å². The van der Waals surface area contributed by atoms with Crippen LogP contribution in [0.25, 0.3) is 0 Å². The maximum absolute atomic E-state index is 11.3. The lowest BCUT2D eigenvalue weighted by molar-refractivity contribution is -0.438. The summed E-state index contributed by atoms with van der Waals surface area (Å²) in [5.41, 5.74) is 0. The van der Waals surface area contributed by atoms with Gasteiger partial charge in [-0.05, 0) is 13.5 Å². The number of ether oxygens (including phenoxy) is 3. The molecule has 5 atom stereocenters. The quantitative estimate of drug-likeness (QED) is 0.157. The summed E-state index contributed by atoms with van der Waals surface area (Å²) < 4.78 is 14.0. The largest absolute Gasteiger partial charge is 0.460 e. The van der Waals surface area contributed by atoms with Crippen molar-refractivity contribution in [2.24, 2.45) is 0 Å². The molecule has 0 bridgehead atoms. The molecule has 5 N–H and O–H groups in total. The van der Waals surface area contributed by atoms with Gasteiger partial charge < -0.3 is 39.7 Å². The Morgan fingerprint density at radius 2 is 1.95 bits per heavy atom. The molecule has 1 aliphatic rings. The predicted molar refractivity (Wildman–Crippen MR) is 61.8 cm³/mol. The third kappa shape index (κ3) is 3.26. The molecule has 20 heavy (non-hydrogen) atoms. The van der Waals surface area contributed by atoms with Crippen molar-refractivity contribution in [3.63, 3.8) is 0 Å². The van der Waals surface area contributed by atoms with Crippen LogP contribution in [-0.4, -0.2) is 75.1 Å². The molecule has 1 fully saturated rings. The fraction of sp³-hybridized carbons (Fsp3) is 0.727. The third-order valence-electron chi connectivity index (χ3n) is 2.70. The number of aliphatic hydroxyl groups is 5. The minimum Gasteiger partial charge on any atom is -0.460 e. The maximum atomic E-state index is 11.3. The second kappa shape index (κ2) is 6.48. The highest BCUT2D eigenvalue weighted by molar-refractivity contribution is 5.85. The molecule has 0 unspecified atom stereocenters. The Morgan fingerprint density at radius 1 is 1.35 bits per heavy atom. The molecule has 0 aromatic heterocycles. The molecule has 1 heterocycles. The first kappa shape index (κ1) is 16.8. The summed E-state index contributed by atoms with van der Waals surface area (Å²) in [5.74, 6) is -4.53. The molecule has 0 aliphatic carbocycles. The van der Waals surface area contributed by atoms with Crippen LogP contribution in [0.1, 0.15) is 6.92 Å². The van der Waals surface area contributed by atoms with Crippen molar-refractivity contribution in [2.75, 3.05) is 13.2 Å². The van der Waals surface area contributed by atoms with Crippen LogP contribution < -0.4 is 0 Å². The highest BCUT2D eigenvalue weighted by Gasteiger charge is 2.55. The highest BCUT2D eigenvalue weighted by atomic mass is 16.8. The molecule has 0 aromatic rings. The van der Waals surface area contributed by atoms with E-state index in [-0.39, 0.29) is 6.61 Å². The van der Waals surface area contributed by atoms with Crippen LogP contribution in [0, 0.1) is 0 Å². The number of carbonyl (C=O) groups excluding carboxylic acids is 1. The van der Waals surface area contributed by atoms with Crippen LogP contribution in [0.2, 0.25) is 0 Å². The van der Waals surface area contributed by atoms with E-state index in [1.807, 2.05) is 0 Å². The number of aliphatic hydroxyl groups excluding tert-OH is 4. The van der Waals surface area contributed by atoms with E-state index < -0.39 is 48.7 Å². The van der Waals surface area contributed by atoms with Gasteiger partial charge in [-0.25, -0.2) is 4.79 Å². The fourth-order valence-corrected chi connectivity index (χ4v) is 1.64. The molecule has 0 saturated carbocycles. The molecule has 116 valence electrons. The molecule has 1 saturated heterocycles. The van der Waals surface area contributed by atoms with E-state index in [0.717, 1.165) is 0 Å². The normalized spacial score (nSPS) is 37.3. The zero-order valence-electron chi connectivity index (χ0n) is 10.8. The lowest BCUT2D eigenvalue weighted by Gasteiger charge is -2.44. The smallest absolute Gasteiger partial charge is 0.373 e. The van der Waals surface area contributed by atoms with E-state index in [1.54, 1.807) is 0 Å². The summed E-state index contributed by atoms with van der Waals surface area (Å²) >= 11 is 0. The topological polar surface area (TPSA) is 146 Å². The maximum Gasteiger partial charge on any atom is 0.373 e. The van der Waals surface area contributed by atoms with E-state index in [4.69, 9.17) is 9.84 Å². The number of esters is 1. The van der Waals surface area contributed by atoms with Crippen molar-refractivity contribution in [1.29, 1.82) is 0 Å². The van der Waals surface area contributed by atoms with Gasteiger partial charge in [-0.3, -0.25) is 0 Å². The van der Waals surface area contributed by atoms with Crippen molar-refractivity contribution in [3.05, 3.63) is 12.3 Å². The van der Waals surface area contributed by atoms with Gasteiger partial charge in [-0.1, -0.05) is 0 Å². The number of carbonyl (C=O) groups is 1. The molecule has 0 spiro atoms. The Kier molecular flexibility index (Phi) is 5.45. The summed E-state index contributed by atoms with van der Waals surface area (Å²) in [5, 5.41) is 47.6. The van der Waals surface area contributed by atoms with Crippen molar-refractivity contribution in [1.82, 2.24) is 0 Å². The third-order valence-corrected chi connectivity index (χ3v) is 2.70. The minimum atomic E-state index is -2.85. The van der Waals surface area contributed by atoms with Crippen LogP contribution in [-0.2, 0) is 19.0 Å². The van der Waals surface area contributed by atoms with Gasteiger partial charge >= 0.3 is 11.9 Å². The molecule has 9 nitrogen and oxygen atoms in total. The predicted octanol–water partition coefficient (Wildman–Crippen LogP) is -2.80. The Morgan fingerprint density at radius 3 is 2.45 bits per heavy atom. The zero-order valence-corrected chi connectivity index (χ0v) is 10.8. The van der Waals surface area contributed by atoms with E-state index >= 15 is 0 Å². The Labute approximate surface area is 114 Å². The van der Waals surface area contributed by atoms with Gasteiger partial charge in [-0.15, -0.1) is 0 Å². The van der Waals surface area contributed by atoms with Crippen LogP contribution >= 0.6 is 0 Å². The summed E-state index contributed by atoms with van der Waals surface area (Å²) in [6.45, 7) is 3.99. The van der Waals surface area contributed by atoms with E-state index in [0.29, 0.717) is 0 Å². The Hall–Kier alpha value is -1.23. The monoisotopic (exact) mass is 294 g/mol. The van der Waals surface area contributed by atoms with Gasteiger partial charge in [0.25, 0.3) is 0 Å². The van der Waals surface area contributed by atoms with Gasteiger partial charge in [0.2, 0.25) is 5.76 Å². The van der Waals surface area contributed by atoms with Crippen molar-refractivity contribution in [3.8, 4) is 0 Å². The molecular formula is C11H18O9. The van der Waals surface area contributed by atoms with Gasteiger partial charge in [0.05, 0.1) is 13.2 Å². The van der Waals surface area contributed by atoms with Gasteiger partial charge in [0.15, 0.2) is 6.10 Å². The fourth-order valence-electron chi connectivity index (χ4n) is 1.64. The first-order valence-electron chi connectivity index (χ1n) is 5.87. The van der Waals surface area contributed by atoms with Crippen LogP contribution in [0.4, 0.5) is 0 Å². The highest BCUT2D eigenvalue weighted by Crippen LogP contribution is 2.30. The molecular weight excluding hydrogens is 276 g/mol. The van der Waals surface area contributed by atoms with Crippen molar-refractivity contribution in [2.45, 2.75) is 37.3 Å². The van der Waals surface area contributed by atoms with Crippen LogP contribution in [0.5, 0.6) is 0 Å².